The van der Waals surface area contributed by atoms with Gasteiger partial charge in [-0.15, -0.1) is 0 Å². The van der Waals surface area contributed by atoms with Crippen LogP contribution in [0.25, 0.3) is 6.08 Å². The molecule has 156 valence electrons. The molecule has 0 fully saturated rings. The fraction of sp³-hybridized carbons (Fsp3) is 0. The van der Waals surface area contributed by atoms with E-state index in [0.29, 0.717) is 5.56 Å². The third-order valence-corrected chi connectivity index (χ3v) is 4.42. The maximum absolute atomic E-state index is 13.4. The molecule has 0 aliphatic carbocycles. The molecule has 0 heterocycles. The van der Waals surface area contributed by atoms with E-state index in [2.05, 4.69) is 10.6 Å². The molecule has 7 nitrogen and oxygen atoms in total. The van der Waals surface area contributed by atoms with Crippen molar-refractivity contribution in [3.8, 4) is 0 Å². The summed E-state index contributed by atoms with van der Waals surface area (Å²) >= 11 is 6.05. The van der Waals surface area contributed by atoms with Gasteiger partial charge < -0.3 is 10.6 Å². The van der Waals surface area contributed by atoms with Crippen LogP contribution in [0.15, 0.2) is 78.5 Å². The molecule has 3 aromatic carbocycles. The number of nitrogens with one attached hydrogen (secondary N) is 2. The first-order valence-electron chi connectivity index (χ1n) is 8.92. The van der Waals surface area contributed by atoms with Gasteiger partial charge in [-0.3, -0.25) is 19.7 Å². The van der Waals surface area contributed by atoms with Crippen molar-refractivity contribution in [3.05, 3.63) is 111 Å². The molecule has 0 unspecified atom stereocenters. The summed E-state index contributed by atoms with van der Waals surface area (Å²) in [6.07, 6.45) is 1.27. The number of nitro benzene ring substituents is 1. The highest BCUT2D eigenvalue weighted by molar-refractivity contribution is 6.34. The van der Waals surface area contributed by atoms with Gasteiger partial charge >= 0.3 is 0 Å². The van der Waals surface area contributed by atoms with Crippen molar-refractivity contribution in [2.24, 2.45) is 0 Å². The van der Waals surface area contributed by atoms with Crippen LogP contribution in [0.1, 0.15) is 15.9 Å². The Bertz CT molecular complexity index is 1200. The summed E-state index contributed by atoms with van der Waals surface area (Å²) in [6, 6.07) is 17.0. The van der Waals surface area contributed by atoms with Gasteiger partial charge in [0, 0.05) is 17.8 Å². The van der Waals surface area contributed by atoms with Crippen LogP contribution in [0.3, 0.4) is 0 Å². The SMILES string of the molecule is O=C(Nc1cccc(F)c1)C(=Cc1cccc([N+](=O)[O-])c1)NC(=O)c1ccccc1Cl. The van der Waals surface area contributed by atoms with E-state index < -0.39 is 22.6 Å². The Hall–Kier alpha value is -4.04. The highest BCUT2D eigenvalue weighted by Gasteiger charge is 2.17. The fourth-order valence-corrected chi connectivity index (χ4v) is 2.87. The standard InChI is InChI=1S/C22H15ClFN3O4/c23-19-10-2-1-9-18(19)21(28)26-20(12-14-5-3-8-17(11-14)27(30)31)22(29)25-16-7-4-6-15(24)13-16/h1-13H,(H,25,29)(H,26,28). The predicted octanol–water partition coefficient (Wildman–Crippen LogP) is 4.80. The van der Waals surface area contributed by atoms with E-state index >= 15 is 0 Å². The van der Waals surface area contributed by atoms with E-state index in [0.717, 1.165) is 6.07 Å². The molecule has 0 radical (unpaired) electrons. The average molecular weight is 440 g/mol. The van der Waals surface area contributed by atoms with Gasteiger partial charge in [-0.25, -0.2) is 4.39 Å². The maximum Gasteiger partial charge on any atom is 0.272 e. The number of benzene rings is 3. The highest BCUT2D eigenvalue weighted by Crippen LogP contribution is 2.18. The van der Waals surface area contributed by atoms with Gasteiger partial charge in [0.1, 0.15) is 11.5 Å². The Morgan fingerprint density at radius 2 is 1.74 bits per heavy atom. The molecule has 0 atom stereocenters. The summed E-state index contributed by atoms with van der Waals surface area (Å²) in [5.41, 5.74) is 0.207. The summed E-state index contributed by atoms with van der Waals surface area (Å²) in [7, 11) is 0. The quantitative estimate of drug-likeness (QED) is 0.327. The second-order valence-corrected chi connectivity index (χ2v) is 6.72. The van der Waals surface area contributed by atoms with E-state index in [4.69, 9.17) is 11.6 Å². The number of nitro groups is 1. The summed E-state index contributed by atoms with van der Waals surface area (Å²) < 4.78 is 13.4. The van der Waals surface area contributed by atoms with Crippen LogP contribution >= 0.6 is 11.6 Å². The van der Waals surface area contributed by atoms with Crippen molar-refractivity contribution in [3.63, 3.8) is 0 Å². The van der Waals surface area contributed by atoms with E-state index in [1.54, 1.807) is 12.1 Å². The molecule has 0 aliphatic heterocycles. The van der Waals surface area contributed by atoms with Crippen molar-refractivity contribution in [2.75, 3.05) is 5.32 Å². The summed E-state index contributed by atoms with van der Waals surface area (Å²) in [5.74, 6) is -1.96. The lowest BCUT2D eigenvalue weighted by molar-refractivity contribution is -0.384. The van der Waals surface area contributed by atoms with Crippen LogP contribution in [0.2, 0.25) is 5.02 Å². The van der Waals surface area contributed by atoms with Gasteiger partial charge in [-0.05, 0) is 42.0 Å². The van der Waals surface area contributed by atoms with Crippen LogP contribution in [-0.2, 0) is 4.79 Å². The molecular formula is C22H15ClFN3O4. The fourth-order valence-electron chi connectivity index (χ4n) is 2.65. The number of anilines is 1. The number of rotatable bonds is 6. The molecule has 9 heteroatoms. The summed E-state index contributed by atoms with van der Waals surface area (Å²) in [5, 5.41) is 16.2. The lowest BCUT2D eigenvalue weighted by Gasteiger charge is -2.12. The van der Waals surface area contributed by atoms with Crippen LogP contribution in [0.5, 0.6) is 0 Å². The Morgan fingerprint density at radius 3 is 2.45 bits per heavy atom. The van der Waals surface area contributed by atoms with Gasteiger partial charge in [-0.2, -0.15) is 0 Å². The minimum absolute atomic E-state index is 0.132. The minimum atomic E-state index is -0.752. The van der Waals surface area contributed by atoms with Crippen molar-refractivity contribution < 1.29 is 18.9 Å². The zero-order valence-electron chi connectivity index (χ0n) is 15.8. The zero-order valence-corrected chi connectivity index (χ0v) is 16.6. The Morgan fingerprint density at radius 1 is 1.00 bits per heavy atom. The Labute approximate surface area is 181 Å². The first-order chi connectivity index (χ1) is 14.8. The largest absolute Gasteiger partial charge is 0.321 e. The van der Waals surface area contributed by atoms with E-state index in [9.17, 15) is 24.1 Å². The molecule has 31 heavy (non-hydrogen) atoms. The third kappa shape index (κ3) is 5.74. The first-order valence-corrected chi connectivity index (χ1v) is 9.30. The zero-order chi connectivity index (χ0) is 22.4. The molecule has 0 saturated heterocycles. The number of hydrogen-bond acceptors (Lipinski definition) is 4. The van der Waals surface area contributed by atoms with Crippen molar-refractivity contribution in [1.82, 2.24) is 5.32 Å². The molecular weight excluding hydrogens is 425 g/mol. The number of amides is 2. The van der Waals surface area contributed by atoms with E-state index in [1.165, 1.54) is 60.7 Å². The molecule has 2 N–H and O–H groups in total. The number of carbonyl (C=O) groups is 2. The average Bonchev–Trinajstić information content (AvgIpc) is 2.73. The number of halogens is 2. The van der Waals surface area contributed by atoms with E-state index in [-0.39, 0.29) is 27.7 Å². The molecule has 0 aromatic heterocycles. The normalized spacial score (nSPS) is 11.0. The number of non-ortho nitro benzene ring substituents is 1. The van der Waals surface area contributed by atoms with Crippen molar-refractivity contribution in [1.29, 1.82) is 0 Å². The Kier molecular flexibility index (Phi) is 6.74. The van der Waals surface area contributed by atoms with E-state index in [1.807, 2.05) is 0 Å². The molecule has 3 aromatic rings. The number of hydrogen-bond donors (Lipinski definition) is 2. The van der Waals surface area contributed by atoms with Gasteiger partial charge in [0.15, 0.2) is 0 Å². The molecule has 2 amide bonds. The molecule has 0 aliphatic rings. The second-order valence-electron chi connectivity index (χ2n) is 6.31. The summed E-state index contributed by atoms with van der Waals surface area (Å²) in [4.78, 5) is 35.9. The van der Waals surface area contributed by atoms with Crippen molar-refractivity contribution >= 4 is 40.9 Å². The monoisotopic (exact) mass is 439 g/mol. The highest BCUT2D eigenvalue weighted by atomic mass is 35.5. The van der Waals surface area contributed by atoms with Crippen LogP contribution in [0.4, 0.5) is 15.8 Å². The predicted molar refractivity (Wildman–Crippen MR) is 115 cm³/mol. The van der Waals surface area contributed by atoms with Crippen molar-refractivity contribution in [2.45, 2.75) is 0 Å². The third-order valence-electron chi connectivity index (χ3n) is 4.09. The van der Waals surface area contributed by atoms with Gasteiger partial charge in [0.25, 0.3) is 17.5 Å². The molecule has 0 bridgehead atoms. The number of nitrogens with zero attached hydrogens (tertiary/aromatic N) is 1. The number of carbonyl (C=O) groups excluding carboxylic acids is 2. The van der Waals surface area contributed by atoms with Crippen LogP contribution in [0, 0.1) is 15.9 Å². The lowest BCUT2D eigenvalue weighted by atomic mass is 10.1. The molecule has 3 rings (SSSR count). The lowest BCUT2D eigenvalue weighted by Crippen LogP contribution is -2.31. The minimum Gasteiger partial charge on any atom is -0.321 e. The molecule has 0 spiro atoms. The van der Waals surface area contributed by atoms with Gasteiger partial charge in [-0.1, -0.05) is 41.9 Å². The van der Waals surface area contributed by atoms with Crippen LogP contribution < -0.4 is 10.6 Å². The molecule has 0 saturated carbocycles. The summed E-state index contributed by atoms with van der Waals surface area (Å²) in [6.45, 7) is 0. The Balaban J connectivity index is 1.95. The maximum atomic E-state index is 13.4. The van der Waals surface area contributed by atoms with Gasteiger partial charge in [0.2, 0.25) is 0 Å². The first kappa shape index (κ1) is 21.7. The van der Waals surface area contributed by atoms with Crippen LogP contribution in [-0.4, -0.2) is 16.7 Å². The second kappa shape index (κ2) is 9.64. The smallest absolute Gasteiger partial charge is 0.272 e. The van der Waals surface area contributed by atoms with Gasteiger partial charge in [0.05, 0.1) is 15.5 Å². The topological polar surface area (TPSA) is 101 Å².